The van der Waals surface area contributed by atoms with Crippen molar-refractivity contribution in [3.63, 3.8) is 0 Å². The Hall–Kier alpha value is -1.29. The predicted molar refractivity (Wildman–Crippen MR) is 70.1 cm³/mol. The van der Waals surface area contributed by atoms with Crippen LogP contribution in [0.25, 0.3) is 10.2 Å². The summed E-state index contributed by atoms with van der Waals surface area (Å²) in [5.41, 5.74) is 7.64. The number of hydrogen-bond acceptors (Lipinski definition) is 4. The molecule has 1 aliphatic carbocycles. The Morgan fingerprint density at radius 1 is 1.44 bits per heavy atom. The summed E-state index contributed by atoms with van der Waals surface area (Å²) in [5.74, 6) is 0. The maximum Gasteiger partial charge on any atom is 0.186 e. The number of benzene rings is 1. The highest BCUT2D eigenvalue weighted by Crippen LogP contribution is 2.34. The van der Waals surface area contributed by atoms with E-state index in [9.17, 15) is 0 Å². The van der Waals surface area contributed by atoms with E-state index in [0.29, 0.717) is 6.04 Å². The molecular weight excluding hydrogens is 218 g/mol. The highest BCUT2D eigenvalue weighted by Gasteiger charge is 2.24. The van der Waals surface area contributed by atoms with E-state index in [2.05, 4.69) is 16.9 Å². The quantitative estimate of drug-likeness (QED) is 0.811. The number of hydrogen-bond donors (Lipinski definition) is 1. The number of nitrogens with zero attached hydrogens (tertiary/aromatic N) is 2. The van der Waals surface area contributed by atoms with Crippen LogP contribution in [-0.2, 0) is 0 Å². The number of rotatable bonds is 2. The summed E-state index contributed by atoms with van der Waals surface area (Å²) in [6.45, 7) is 0. The average molecular weight is 233 g/mol. The van der Waals surface area contributed by atoms with E-state index in [4.69, 9.17) is 5.73 Å². The molecule has 1 heterocycles. The van der Waals surface area contributed by atoms with Gasteiger partial charge in [0.05, 0.1) is 10.2 Å². The SMILES string of the molecule is CN(c1nc2ccc(N)cc2s1)C1CCC1. The highest BCUT2D eigenvalue weighted by molar-refractivity contribution is 7.22. The number of anilines is 2. The monoisotopic (exact) mass is 233 g/mol. The minimum atomic E-state index is 0.693. The molecule has 0 amide bonds. The van der Waals surface area contributed by atoms with Crippen molar-refractivity contribution >= 4 is 32.4 Å². The molecule has 1 fully saturated rings. The Labute approximate surface area is 98.9 Å². The molecule has 0 bridgehead atoms. The molecule has 16 heavy (non-hydrogen) atoms. The molecule has 2 aromatic rings. The third-order valence-electron chi connectivity index (χ3n) is 3.33. The van der Waals surface area contributed by atoms with Gasteiger partial charge in [-0.05, 0) is 37.5 Å². The summed E-state index contributed by atoms with van der Waals surface area (Å²) in [7, 11) is 2.14. The largest absolute Gasteiger partial charge is 0.399 e. The number of thiazole rings is 1. The summed E-state index contributed by atoms with van der Waals surface area (Å²) < 4.78 is 1.18. The third-order valence-corrected chi connectivity index (χ3v) is 4.43. The first-order chi connectivity index (χ1) is 7.74. The van der Waals surface area contributed by atoms with Gasteiger partial charge in [0.2, 0.25) is 0 Å². The summed E-state index contributed by atoms with van der Waals surface area (Å²) in [6.07, 6.45) is 3.95. The fourth-order valence-corrected chi connectivity index (χ4v) is 3.06. The van der Waals surface area contributed by atoms with Crippen LogP contribution in [-0.4, -0.2) is 18.1 Å². The van der Waals surface area contributed by atoms with Crippen molar-refractivity contribution in [2.24, 2.45) is 0 Å². The molecular formula is C12H15N3S. The van der Waals surface area contributed by atoms with Crippen molar-refractivity contribution < 1.29 is 0 Å². The van der Waals surface area contributed by atoms with Crippen molar-refractivity contribution in [2.45, 2.75) is 25.3 Å². The van der Waals surface area contributed by atoms with Crippen LogP contribution in [0.4, 0.5) is 10.8 Å². The van der Waals surface area contributed by atoms with Gasteiger partial charge in [0, 0.05) is 18.8 Å². The zero-order chi connectivity index (χ0) is 11.1. The molecule has 2 N–H and O–H groups in total. The van der Waals surface area contributed by atoms with Gasteiger partial charge in [0.1, 0.15) is 0 Å². The Kier molecular flexibility index (Phi) is 2.24. The van der Waals surface area contributed by atoms with Crippen LogP contribution in [0, 0.1) is 0 Å². The first-order valence-corrected chi connectivity index (χ1v) is 6.44. The van der Waals surface area contributed by atoms with E-state index in [0.717, 1.165) is 16.3 Å². The van der Waals surface area contributed by atoms with Gasteiger partial charge in [0.15, 0.2) is 5.13 Å². The van der Waals surface area contributed by atoms with E-state index in [1.807, 2.05) is 18.2 Å². The number of nitrogens with two attached hydrogens (primary N) is 1. The van der Waals surface area contributed by atoms with Crippen molar-refractivity contribution in [3.05, 3.63) is 18.2 Å². The summed E-state index contributed by atoms with van der Waals surface area (Å²) >= 11 is 1.73. The molecule has 1 saturated carbocycles. The minimum absolute atomic E-state index is 0.693. The molecule has 0 unspecified atom stereocenters. The van der Waals surface area contributed by atoms with Gasteiger partial charge in [-0.25, -0.2) is 4.98 Å². The van der Waals surface area contributed by atoms with Crippen molar-refractivity contribution in [2.75, 3.05) is 17.7 Å². The van der Waals surface area contributed by atoms with Crippen LogP contribution in [0.15, 0.2) is 18.2 Å². The predicted octanol–water partition coefficient (Wildman–Crippen LogP) is 2.87. The normalized spacial score (nSPS) is 16.3. The van der Waals surface area contributed by atoms with E-state index in [-0.39, 0.29) is 0 Å². The molecule has 3 nitrogen and oxygen atoms in total. The molecule has 84 valence electrons. The minimum Gasteiger partial charge on any atom is -0.399 e. The Bertz CT molecular complexity index is 516. The molecule has 4 heteroatoms. The van der Waals surface area contributed by atoms with Gasteiger partial charge < -0.3 is 10.6 Å². The van der Waals surface area contributed by atoms with Crippen LogP contribution < -0.4 is 10.6 Å². The zero-order valence-electron chi connectivity index (χ0n) is 9.31. The average Bonchev–Trinajstić information content (AvgIpc) is 2.57. The molecule has 0 saturated heterocycles. The molecule has 3 rings (SSSR count). The van der Waals surface area contributed by atoms with Crippen molar-refractivity contribution in [1.29, 1.82) is 0 Å². The first-order valence-electron chi connectivity index (χ1n) is 5.63. The number of fused-ring (bicyclic) bond motifs is 1. The third kappa shape index (κ3) is 1.53. The number of nitrogen functional groups attached to an aromatic ring is 1. The Morgan fingerprint density at radius 2 is 2.25 bits per heavy atom. The number of aromatic nitrogens is 1. The van der Waals surface area contributed by atoms with Gasteiger partial charge in [-0.1, -0.05) is 11.3 Å². The molecule has 1 aromatic heterocycles. The van der Waals surface area contributed by atoms with Crippen molar-refractivity contribution in [1.82, 2.24) is 4.98 Å². The van der Waals surface area contributed by atoms with Crippen LogP contribution in [0.1, 0.15) is 19.3 Å². The molecule has 0 radical (unpaired) electrons. The van der Waals surface area contributed by atoms with Crippen LogP contribution in [0.3, 0.4) is 0 Å². The molecule has 1 aromatic carbocycles. The highest BCUT2D eigenvalue weighted by atomic mass is 32.1. The molecule has 0 aliphatic heterocycles. The second-order valence-corrected chi connectivity index (χ2v) is 5.43. The lowest BCUT2D eigenvalue weighted by atomic mass is 9.92. The summed E-state index contributed by atoms with van der Waals surface area (Å²) in [5, 5.41) is 1.12. The fourth-order valence-electron chi connectivity index (χ4n) is 2.01. The van der Waals surface area contributed by atoms with Gasteiger partial charge in [-0.15, -0.1) is 0 Å². The lowest BCUT2D eigenvalue weighted by molar-refractivity contribution is 0.401. The zero-order valence-corrected chi connectivity index (χ0v) is 10.1. The Balaban J connectivity index is 1.97. The maximum atomic E-state index is 5.77. The second kappa shape index (κ2) is 3.63. The molecule has 0 spiro atoms. The van der Waals surface area contributed by atoms with E-state index in [1.54, 1.807) is 11.3 Å². The topological polar surface area (TPSA) is 42.2 Å². The van der Waals surface area contributed by atoms with Crippen LogP contribution in [0.2, 0.25) is 0 Å². The smallest absolute Gasteiger partial charge is 0.186 e. The second-order valence-electron chi connectivity index (χ2n) is 4.42. The van der Waals surface area contributed by atoms with E-state index in [1.165, 1.54) is 24.0 Å². The molecule has 0 atom stereocenters. The van der Waals surface area contributed by atoms with Gasteiger partial charge in [0.25, 0.3) is 0 Å². The van der Waals surface area contributed by atoms with Crippen LogP contribution in [0.5, 0.6) is 0 Å². The summed E-state index contributed by atoms with van der Waals surface area (Å²) in [6, 6.07) is 6.61. The van der Waals surface area contributed by atoms with Crippen LogP contribution >= 0.6 is 11.3 Å². The van der Waals surface area contributed by atoms with Crippen molar-refractivity contribution in [3.8, 4) is 0 Å². The summed E-state index contributed by atoms with van der Waals surface area (Å²) in [4.78, 5) is 6.96. The van der Waals surface area contributed by atoms with Gasteiger partial charge >= 0.3 is 0 Å². The van der Waals surface area contributed by atoms with E-state index >= 15 is 0 Å². The van der Waals surface area contributed by atoms with E-state index < -0.39 is 0 Å². The molecule has 1 aliphatic rings. The van der Waals surface area contributed by atoms with Gasteiger partial charge in [-0.3, -0.25) is 0 Å². The first kappa shape index (κ1) is 9.90. The standard InChI is InChI=1S/C12H15N3S/c1-15(9-3-2-4-9)12-14-10-6-5-8(13)7-11(10)16-12/h5-7,9H,2-4,13H2,1H3. The lowest BCUT2D eigenvalue weighted by Crippen LogP contribution is -2.36. The fraction of sp³-hybridized carbons (Fsp3) is 0.417. The maximum absolute atomic E-state index is 5.77. The lowest BCUT2D eigenvalue weighted by Gasteiger charge is -2.34. The Morgan fingerprint density at radius 3 is 2.94 bits per heavy atom. The van der Waals surface area contributed by atoms with Gasteiger partial charge in [-0.2, -0.15) is 0 Å².